The normalized spacial score (nSPS) is 11.3. The molecule has 0 radical (unpaired) electrons. The fourth-order valence-corrected chi connectivity index (χ4v) is 1.76. The van der Waals surface area contributed by atoms with E-state index in [1.165, 1.54) is 0 Å². The van der Waals surface area contributed by atoms with Gasteiger partial charge in [-0.1, -0.05) is 12.1 Å². The summed E-state index contributed by atoms with van der Waals surface area (Å²) >= 11 is 0. The smallest absolute Gasteiger partial charge is 0.347 e. The van der Waals surface area contributed by atoms with Crippen molar-refractivity contribution in [1.29, 1.82) is 0 Å². The highest BCUT2D eigenvalue weighted by Gasteiger charge is 2.44. The molecular weight excluding hydrogens is 296 g/mol. The molecule has 0 amide bonds. The fraction of sp³-hybridized carbons (Fsp3) is 0.214. The third-order valence-corrected chi connectivity index (χ3v) is 3.03. The van der Waals surface area contributed by atoms with Crippen molar-refractivity contribution in [1.82, 2.24) is 0 Å². The molecule has 0 bridgehead atoms. The number of hydrogen-bond acceptors (Lipinski definition) is 6. The van der Waals surface area contributed by atoms with E-state index in [2.05, 4.69) is 0 Å². The van der Waals surface area contributed by atoms with E-state index in [0.717, 1.165) is 6.07 Å². The minimum absolute atomic E-state index is 0.193. The monoisotopic (exact) mass is 308 g/mol. The molecule has 116 valence electrons. The summed E-state index contributed by atoms with van der Waals surface area (Å²) in [5.74, 6) is -3.99. The molecule has 3 N–H and O–H groups in total. The molecule has 0 fully saturated rings. The number of carboxylic acid groups (broad SMARTS) is 2. The Balaban J connectivity index is 2.14. The predicted molar refractivity (Wildman–Crippen MR) is 72.8 cm³/mol. The van der Waals surface area contributed by atoms with Crippen LogP contribution in [0, 0.1) is 0 Å². The first-order valence-electron chi connectivity index (χ1n) is 6.19. The van der Waals surface area contributed by atoms with E-state index in [4.69, 9.17) is 19.4 Å². The van der Waals surface area contributed by atoms with Gasteiger partial charge in [-0.2, -0.15) is 0 Å². The lowest BCUT2D eigenvalue weighted by atomic mass is 10.0. The molecule has 0 saturated heterocycles. The van der Waals surface area contributed by atoms with Gasteiger partial charge in [-0.15, -0.1) is 0 Å². The Kier molecular flexibility index (Phi) is 4.13. The number of carbonyl (C=O) groups is 2. The van der Waals surface area contributed by atoms with Crippen LogP contribution in [0.5, 0.6) is 5.95 Å². The van der Waals surface area contributed by atoms with E-state index >= 15 is 0 Å². The van der Waals surface area contributed by atoms with Crippen molar-refractivity contribution < 1.29 is 34.1 Å². The van der Waals surface area contributed by atoms with Crippen molar-refractivity contribution in [3.8, 4) is 5.95 Å². The first kappa shape index (κ1) is 15.5. The Morgan fingerprint density at radius 1 is 1.18 bits per heavy atom. The molecule has 1 aromatic heterocycles. The maximum absolute atomic E-state index is 11.8. The molecule has 1 aromatic carbocycles. The first-order chi connectivity index (χ1) is 10.3. The third kappa shape index (κ3) is 2.91. The zero-order chi connectivity index (χ0) is 16.3. The minimum Gasteiger partial charge on any atom is -0.479 e. The Hall–Kier alpha value is -2.87. The zero-order valence-corrected chi connectivity index (χ0v) is 11.2. The number of ether oxygens (including phenoxy) is 1. The number of benzene rings is 1. The molecule has 1 heterocycles. The van der Waals surface area contributed by atoms with Crippen LogP contribution in [0.4, 0.5) is 0 Å². The van der Waals surface area contributed by atoms with Crippen LogP contribution >= 0.6 is 0 Å². The summed E-state index contributed by atoms with van der Waals surface area (Å²) in [6.45, 7) is -0.462. The van der Waals surface area contributed by atoms with Gasteiger partial charge in [0.05, 0.1) is 18.1 Å². The minimum atomic E-state index is -2.96. The quantitative estimate of drug-likeness (QED) is 0.655. The maximum Gasteiger partial charge on any atom is 0.347 e. The number of hydrogen-bond donors (Lipinski definition) is 3. The van der Waals surface area contributed by atoms with E-state index in [0.29, 0.717) is 5.39 Å². The highest BCUT2D eigenvalue weighted by molar-refractivity contribution is 6.01. The van der Waals surface area contributed by atoms with Gasteiger partial charge in [0, 0.05) is 6.42 Å². The van der Waals surface area contributed by atoms with Crippen LogP contribution in [0.1, 0.15) is 6.42 Å². The number of aliphatic carboxylic acids is 2. The second-order valence-corrected chi connectivity index (χ2v) is 4.49. The summed E-state index contributed by atoms with van der Waals surface area (Å²) in [7, 11) is 0. The molecule has 0 unspecified atom stereocenters. The molecular formula is C14H12O8. The lowest BCUT2D eigenvalue weighted by Gasteiger charge is -2.17. The number of para-hydroxylation sites is 1. The average Bonchev–Trinajstić information content (AvgIpc) is 2.46. The van der Waals surface area contributed by atoms with Crippen molar-refractivity contribution in [2.24, 2.45) is 0 Å². The van der Waals surface area contributed by atoms with Gasteiger partial charge in [0.25, 0.3) is 11.5 Å². The van der Waals surface area contributed by atoms with Crippen LogP contribution < -0.4 is 10.2 Å². The number of aliphatic hydroxyl groups is 1. The van der Waals surface area contributed by atoms with E-state index in [1.54, 1.807) is 24.3 Å². The van der Waals surface area contributed by atoms with Crippen molar-refractivity contribution >= 4 is 22.9 Å². The standard InChI is InChI=1S/C14H12O8/c15-9-7-11(22-10-4-2-1-3-8(9)10)21-6-5-14(20,12(16)17)13(18)19/h1-4,7,20H,5-6H2,(H,16,17)(H,18,19). The van der Waals surface area contributed by atoms with Crippen LogP contribution in [-0.2, 0) is 9.59 Å². The fourth-order valence-electron chi connectivity index (χ4n) is 1.76. The summed E-state index contributed by atoms with van der Waals surface area (Å²) in [5.41, 5.74) is -3.04. The Morgan fingerprint density at radius 2 is 1.82 bits per heavy atom. The molecule has 0 aliphatic rings. The van der Waals surface area contributed by atoms with Crippen molar-refractivity contribution in [2.45, 2.75) is 12.0 Å². The van der Waals surface area contributed by atoms with Crippen LogP contribution in [0.2, 0.25) is 0 Å². The topological polar surface area (TPSA) is 134 Å². The highest BCUT2D eigenvalue weighted by atomic mass is 16.6. The Morgan fingerprint density at radius 3 is 2.45 bits per heavy atom. The lowest BCUT2D eigenvalue weighted by Crippen LogP contribution is -2.47. The maximum atomic E-state index is 11.8. The molecule has 2 rings (SSSR count). The van der Waals surface area contributed by atoms with Gasteiger partial charge in [-0.25, -0.2) is 9.59 Å². The van der Waals surface area contributed by atoms with Gasteiger partial charge in [0.2, 0.25) is 0 Å². The lowest BCUT2D eigenvalue weighted by molar-refractivity contribution is -0.177. The molecule has 22 heavy (non-hydrogen) atoms. The van der Waals surface area contributed by atoms with Crippen LogP contribution in [0.15, 0.2) is 39.5 Å². The third-order valence-electron chi connectivity index (χ3n) is 3.03. The first-order valence-corrected chi connectivity index (χ1v) is 6.19. The number of fused-ring (bicyclic) bond motifs is 1. The SMILES string of the molecule is O=C(O)C(O)(CCOc1cc(=O)c2ccccc2o1)C(=O)O. The average molecular weight is 308 g/mol. The molecule has 0 saturated carbocycles. The zero-order valence-electron chi connectivity index (χ0n) is 11.2. The van der Waals surface area contributed by atoms with E-state index in [1.807, 2.05) is 0 Å². The highest BCUT2D eigenvalue weighted by Crippen LogP contribution is 2.18. The van der Waals surface area contributed by atoms with Crippen LogP contribution in [-0.4, -0.2) is 39.5 Å². The summed E-state index contributed by atoms with van der Waals surface area (Å²) in [6, 6.07) is 7.50. The van der Waals surface area contributed by atoms with Gasteiger partial charge in [0.1, 0.15) is 5.58 Å². The van der Waals surface area contributed by atoms with Crippen LogP contribution in [0.3, 0.4) is 0 Å². The molecule has 0 spiro atoms. The summed E-state index contributed by atoms with van der Waals surface area (Å²) in [5, 5.41) is 27.3. The molecule has 2 aromatic rings. The van der Waals surface area contributed by atoms with Gasteiger partial charge in [0.15, 0.2) is 5.43 Å². The molecule has 8 heteroatoms. The summed E-state index contributed by atoms with van der Waals surface area (Å²) < 4.78 is 10.3. The van der Waals surface area contributed by atoms with Gasteiger partial charge >= 0.3 is 11.9 Å². The van der Waals surface area contributed by atoms with Crippen molar-refractivity contribution in [2.75, 3.05) is 6.61 Å². The van der Waals surface area contributed by atoms with Gasteiger partial charge in [-0.05, 0) is 12.1 Å². The largest absolute Gasteiger partial charge is 0.479 e. The number of rotatable bonds is 6. The molecule has 8 nitrogen and oxygen atoms in total. The second-order valence-electron chi connectivity index (χ2n) is 4.49. The summed E-state index contributed by atoms with van der Waals surface area (Å²) in [6.07, 6.45) is -0.714. The summed E-state index contributed by atoms with van der Waals surface area (Å²) in [4.78, 5) is 33.3. The van der Waals surface area contributed by atoms with E-state index < -0.39 is 30.6 Å². The van der Waals surface area contributed by atoms with Gasteiger partial charge in [-0.3, -0.25) is 4.79 Å². The molecule has 0 atom stereocenters. The van der Waals surface area contributed by atoms with E-state index in [-0.39, 0.29) is 17.0 Å². The van der Waals surface area contributed by atoms with E-state index in [9.17, 15) is 19.5 Å². The van der Waals surface area contributed by atoms with Crippen LogP contribution in [0.25, 0.3) is 11.0 Å². The Bertz CT molecular complexity index is 762. The Labute approximate surface area is 123 Å². The van der Waals surface area contributed by atoms with Crippen molar-refractivity contribution in [3.63, 3.8) is 0 Å². The van der Waals surface area contributed by atoms with Crippen molar-refractivity contribution in [3.05, 3.63) is 40.6 Å². The number of carboxylic acids is 2. The second kappa shape index (κ2) is 5.86. The molecule has 0 aliphatic heterocycles. The predicted octanol–water partition coefficient (Wildman–Crippen LogP) is 0.462. The van der Waals surface area contributed by atoms with Gasteiger partial charge < -0.3 is 24.5 Å². The molecule has 0 aliphatic carbocycles.